The van der Waals surface area contributed by atoms with Gasteiger partial charge in [0.1, 0.15) is 17.1 Å². The van der Waals surface area contributed by atoms with Crippen molar-refractivity contribution in [1.82, 2.24) is 9.38 Å². The van der Waals surface area contributed by atoms with Gasteiger partial charge in [0.25, 0.3) is 0 Å². The molecule has 0 radical (unpaired) electrons. The van der Waals surface area contributed by atoms with Crippen molar-refractivity contribution in [3.05, 3.63) is 71.5 Å². The molecule has 0 atom stereocenters. The van der Waals surface area contributed by atoms with E-state index in [2.05, 4.69) is 18.0 Å². The van der Waals surface area contributed by atoms with E-state index < -0.39 is 0 Å². The van der Waals surface area contributed by atoms with E-state index >= 15 is 0 Å². The van der Waals surface area contributed by atoms with Gasteiger partial charge in [0.2, 0.25) is 0 Å². The summed E-state index contributed by atoms with van der Waals surface area (Å²) in [7, 11) is 0. The summed E-state index contributed by atoms with van der Waals surface area (Å²) in [6, 6.07) is 15.6. The Kier molecular flexibility index (Phi) is 3.01. The fourth-order valence-corrected chi connectivity index (χ4v) is 2.67. The minimum atomic E-state index is 0.693. The molecule has 1 aromatic carbocycles. The Balaban J connectivity index is 1.76. The minimum absolute atomic E-state index is 0.693. The Bertz CT molecular complexity index is 968. The monoisotopic (exact) mass is 308 g/mol. The molecule has 3 heterocycles. The van der Waals surface area contributed by atoms with Gasteiger partial charge in [-0.3, -0.25) is 0 Å². The summed E-state index contributed by atoms with van der Waals surface area (Å²) in [4.78, 5) is 4.61. The van der Waals surface area contributed by atoms with Crippen LogP contribution in [0.1, 0.15) is 5.56 Å². The smallest absolute Gasteiger partial charge is 0.154 e. The van der Waals surface area contributed by atoms with E-state index in [9.17, 15) is 0 Å². The summed E-state index contributed by atoms with van der Waals surface area (Å²) < 4.78 is 7.93. The summed E-state index contributed by atoms with van der Waals surface area (Å²) >= 11 is 6.03. The molecular weight excluding hydrogens is 296 g/mol. The maximum absolute atomic E-state index is 6.03. The Labute approximate surface area is 132 Å². The molecule has 0 aliphatic rings. The van der Waals surface area contributed by atoms with Crippen molar-refractivity contribution < 1.29 is 4.42 Å². The van der Waals surface area contributed by atoms with Crippen molar-refractivity contribution in [2.24, 2.45) is 0 Å². The Morgan fingerprint density at radius 1 is 1.05 bits per heavy atom. The van der Waals surface area contributed by atoms with Crippen molar-refractivity contribution in [1.29, 1.82) is 0 Å². The highest BCUT2D eigenvalue weighted by molar-refractivity contribution is 6.30. The zero-order valence-electron chi connectivity index (χ0n) is 12.0. The number of aromatic nitrogens is 2. The Hall–Kier alpha value is -2.52. The number of benzene rings is 1. The van der Waals surface area contributed by atoms with Crippen molar-refractivity contribution in [3.63, 3.8) is 0 Å². The average Bonchev–Trinajstić information content (AvgIpc) is 3.13. The molecule has 0 aliphatic carbocycles. The second kappa shape index (κ2) is 5.04. The second-order valence-electron chi connectivity index (χ2n) is 5.27. The van der Waals surface area contributed by atoms with Gasteiger partial charge in [-0.25, -0.2) is 4.98 Å². The zero-order valence-corrected chi connectivity index (χ0v) is 12.7. The van der Waals surface area contributed by atoms with E-state index in [1.54, 1.807) is 0 Å². The molecule has 0 saturated carbocycles. The van der Waals surface area contributed by atoms with Crippen molar-refractivity contribution in [2.75, 3.05) is 0 Å². The molecule has 3 aromatic heterocycles. The highest BCUT2D eigenvalue weighted by Crippen LogP contribution is 2.29. The standard InChI is InChI=1S/C18H13ClN2O/c1-12-7-8-21-11-15(20-18(21)9-12)17-6-5-16(22-17)13-3-2-4-14(19)10-13/h2-11H,1H3. The predicted molar refractivity (Wildman–Crippen MR) is 88.1 cm³/mol. The van der Waals surface area contributed by atoms with Crippen LogP contribution < -0.4 is 0 Å². The molecule has 108 valence electrons. The third-order valence-electron chi connectivity index (χ3n) is 3.58. The predicted octanol–water partition coefficient (Wildman–Crippen LogP) is 5.22. The molecule has 0 spiro atoms. The van der Waals surface area contributed by atoms with Gasteiger partial charge < -0.3 is 8.82 Å². The topological polar surface area (TPSA) is 30.4 Å². The zero-order chi connectivity index (χ0) is 15.1. The summed E-state index contributed by atoms with van der Waals surface area (Å²) in [5.41, 5.74) is 3.87. The number of imidazole rings is 1. The van der Waals surface area contributed by atoms with E-state index in [0.717, 1.165) is 28.4 Å². The van der Waals surface area contributed by atoms with Crippen LogP contribution in [0, 0.1) is 6.92 Å². The summed E-state index contributed by atoms with van der Waals surface area (Å²) in [5.74, 6) is 1.53. The Morgan fingerprint density at radius 3 is 2.77 bits per heavy atom. The first kappa shape index (κ1) is 13.2. The van der Waals surface area contributed by atoms with Crippen LogP contribution >= 0.6 is 11.6 Å². The number of aryl methyl sites for hydroxylation is 1. The number of halogens is 1. The molecule has 4 aromatic rings. The summed E-state index contributed by atoms with van der Waals surface area (Å²) in [6.45, 7) is 2.05. The van der Waals surface area contributed by atoms with Crippen LogP contribution in [0.3, 0.4) is 0 Å². The molecule has 0 saturated heterocycles. The van der Waals surface area contributed by atoms with E-state index in [0.29, 0.717) is 5.02 Å². The van der Waals surface area contributed by atoms with Crippen LogP contribution in [0.4, 0.5) is 0 Å². The lowest BCUT2D eigenvalue weighted by molar-refractivity contribution is 0.595. The number of nitrogens with zero attached hydrogens (tertiary/aromatic N) is 2. The SMILES string of the molecule is Cc1ccn2cc(-c3ccc(-c4cccc(Cl)c4)o3)nc2c1. The van der Waals surface area contributed by atoms with Gasteiger partial charge in [-0.15, -0.1) is 0 Å². The minimum Gasteiger partial charge on any atom is -0.454 e. The average molecular weight is 309 g/mol. The first-order valence-corrected chi connectivity index (χ1v) is 7.38. The van der Waals surface area contributed by atoms with Gasteiger partial charge in [-0.1, -0.05) is 23.7 Å². The van der Waals surface area contributed by atoms with E-state index in [4.69, 9.17) is 16.0 Å². The first-order valence-electron chi connectivity index (χ1n) is 7.00. The fraction of sp³-hybridized carbons (Fsp3) is 0.0556. The lowest BCUT2D eigenvalue weighted by atomic mass is 10.2. The molecule has 4 heteroatoms. The van der Waals surface area contributed by atoms with Gasteiger partial charge in [-0.05, 0) is 48.9 Å². The number of hydrogen-bond donors (Lipinski definition) is 0. The third-order valence-corrected chi connectivity index (χ3v) is 3.82. The highest BCUT2D eigenvalue weighted by Gasteiger charge is 2.10. The number of rotatable bonds is 2. The van der Waals surface area contributed by atoms with Crippen molar-refractivity contribution in [2.45, 2.75) is 6.92 Å². The van der Waals surface area contributed by atoms with Crippen molar-refractivity contribution >= 4 is 17.2 Å². The number of furan rings is 1. The van der Waals surface area contributed by atoms with E-state index in [1.807, 2.05) is 59.3 Å². The first-order chi connectivity index (χ1) is 10.7. The molecule has 0 bridgehead atoms. The molecule has 22 heavy (non-hydrogen) atoms. The van der Waals surface area contributed by atoms with Gasteiger partial charge in [0, 0.05) is 23.0 Å². The van der Waals surface area contributed by atoms with Crippen LogP contribution in [0.15, 0.2) is 65.3 Å². The van der Waals surface area contributed by atoms with E-state index in [1.165, 1.54) is 5.56 Å². The van der Waals surface area contributed by atoms with Crippen LogP contribution in [-0.4, -0.2) is 9.38 Å². The number of hydrogen-bond acceptors (Lipinski definition) is 2. The number of fused-ring (bicyclic) bond motifs is 1. The fourth-order valence-electron chi connectivity index (χ4n) is 2.47. The van der Waals surface area contributed by atoms with Crippen LogP contribution in [-0.2, 0) is 0 Å². The summed E-state index contributed by atoms with van der Waals surface area (Å²) in [6.07, 6.45) is 3.97. The van der Waals surface area contributed by atoms with Crippen LogP contribution in [0.5, 0.6) is 0 Å². The lowest BCUT2D eigenvalue weighted by Gasteiger charge is -1.97. The molecule has 0 amide bonds. The lowest BCUT2D eigenvalue weighted by Crippen LogP contribution is -1.81. The third kappa shape index (κ3) is 2.30. The van der Waals surface area contributed by atoms with Crippen molar-refractivity contribution in [3.8, 4) is 22.8 Å². The Morgan fingerprint density at radius 2 is 1.91 bits per heavy atom. The van der Waals surface area contributed by atoms with Gasteiger partial charge in [0.15, 0.2) is 5.76 Å². The van der Waals surface area contributed by atoms with Crippen LogP contribution in [0.2, 0.25) is 5.02 Å². The maximum Gasteiger partial charge on any atom is 0.154 e. The molecule has 4 rings (SSSR count). The highest BCUT2D eigenvalue weighted by atomic mass is 35.5. The molecule has 0 unspecified atom stereocenters. The van der Waals surface area contributed by atoms with Gasteiger partial charge in [0.05, 0.1) is 0 Å². The maximum atomic E-state index is 6.03. The van der Waals surface area contributed by atoms with Crippen LogP contribution in [0.25, 0.3) is 28.4 Å². The summed E-state index contributed by atoms with van der Waals surface area (Å²) in [5, 5.41) is 0.693. The molecule has 3 nitrogen and oxygen atoms in total. The molecule has 0 fully saturated rings. The largest absolute Gasteiger partial charge is 0.454 e. The molecular formula is C18H13ClN2O. The van der Waals surface area contributed by atoms with E-state index in [-0.39, 0.29) is 0 Å². The van der Waals surface area contributed by atoms with Gasteiger partial charge in [-0.2, -0.15) is 0 Å². The normalized spacial score (nSPS) is 11.2. The number of pyridine rings is 1. The quantitative estimate of drug-likeness (QED) is 0.508. The van der Waals surface area contributed by atoms with Gasteiger partial charge >= 0.3 is 0 Å². The second-order valence-corrected chi connectivity index (χ2v) is 5.71. The molecule has 0 aliphatic heterocycles. The molecule has 0 N–H and O–H groups in total.